The van der Waals surface area contributed by atoms with Crippen molar-refractivity contribution >= 4 is 32.8 Å². The van der Waals surface area contributed by atoms with Gasteiger partial charge in [0, 0.05) is 42.7 Å². The highest BCUT2D eigenvalue weighted by atomic mass is 79.9. The molecule has 0 atom stereocenters. The summed E-state index contributed by atoms with van der Waals surface area (Å²) >= 11 is 3.69. The number of ether oxygens (including phenoxy) is 2. The van der Waals surface area contributed by atoms with E-state index in [0.29, 0.717) is 16.9 Å². The molecule has 1 amide bonds. The zero-order valence-electron chi connectivity index (χ0n) is 21.6. The number of hydrogen-bond acceptors (Lipinski definition) is 7. The lowest BCUT2D eigenvalue weighted by atomic mass is 10.0. The summed E-state index contributed by atoms with van der Waals surface area (Å²) in [6.07, 6.45) is 4.08. The molecule has 0 aliphatic carbocycles. The van der Waals surface area contributed by atoms with Gasteiger partial charge >= 0.3 is 5.63 Å². The van der Waals surface area contributed by atoms with E-state index in [9.17, 15) is 9.59 Å². The van der Waals surface area contributed by atoms with Crippen LogP contribution in [0, 0.1) is 0 Å². The zero-order valence-corrected chi connectivity index (χ0v) is 23.2. The Morgan fingerprint density at radius 2 is 1.89 bits per heavy atom. The highest BCUT2D eigenvalue weighted by molar-refractivity contribution is 9.10. The Balaban J connectivity index is 1.09. The topological polar surface area (TPSA) is 93.0 Å². The molecule has 3 heterocycles. The van der Waals surface area contributed by atoms with Crippen molar-refractivity contribution in [3.63, 3.8) is 0 Å². The Kier molecular flexibility index (Phi) is 8.66. The molecule has 202 valence electrons. The Bertz CT molecular complexity index is 1330. The second kappa shape index (κ2) is 12.3. The van der Waals surface area contributed by atoms with Gasteiger partial charge in [-0.05, 0) is 90.6 Å². The molecule has 2 N–H and O–H groups in total. The van der Waals surface area contributed by atoms with Gasteiger partial charge in [0.15, 0.2) is 0 Å². The minimum atomic E-state index is -0.492. The number of amides is 1. The van der Waals surface area contributed by atoms with Gasteiger partial charge in [-0.1, -0.05) is 6.07 Å². The molecule has 38 heavy (non-hydrogen) atoms. The average molecular weight is 585 g/mol. The van der Waals surface area contributed by atoms with Gasteiger partial charge in [-0.25, -0.2) is 4.79 Å². The van der Waals surface area contributed by atoms with Crippen molar-refractivity contribution in [3.8, 4) is 11.5 Å². The number of benzene rings is 2. The van der Waals surface area contributed by atoms with Gasteiger partial charge in [0.25, 0.3) is 0 Å². The molecule has 1 aromatic heterocycles. The zero-order chi connectivity index (χ0) is 26.5. The summed E-state index contributed by atoms with van der Waals surface area (Å²) < 4.78 is 17.8. The monoisotopic (exact) mass is 583 g/mol. The summed E-state index contributed by atoms with van der Waals surface area (Å²) in [4.78, 5) is 27.5. The van der Waals surface area contributed by atoms with Gasteiger partial charge in [-0.3, -0.25) is 9.69 Å². The number of hydrogen-bond donors (Lipinski definition) is 2. The van der Waals surface area contributed by atoms with Crippen LogP contribution in [0.15, 0.2) is 56.1 Å². The van der Waals surface area contributed by atoms with Crippen LogP contribution in [0.5, 0.6) is 11.5 Å². The van der Waals surface area contributed by atoms with E-state index in [0.717, 1.165) is 74.0 Å². The van der Waals surface area contributed by atoms with E-state index in [1.54, 1.807) is 25.3 Å². The fourth-order valence-corrected chi connectivity index (χ4v) is 5.68. The van der Waals surface area contributed by atoms with E-state index in [2.05, 4.69) is 49.7 Å². The number of fused-ring (bicyclic) bond motifs is 1. The van der Waals surface area contributed by atoms with E-state index in [-0.39, 0.29) is 24.5 Å². The van der Waals surface area contributed by atoms with Crippen molar-refractivity contribution in [1.29, 1.82) is 0 Å². The van der Waals surface area contributed by atoms with Crippen LogP contribution in [0.3, 0.4) is 0 Å². The SMILES string of the molecule is COc1ccc2cc(CC(=O)NC3CCN(Cc4ccc(OC5CCNCC5)c(Br)c4)CC3)c(=O)oc2c1. The smallest absolute Gasteiger partial charge is 0.339 e. The molecule has 9 heteroatoms. The Hall–Kier alpha value is -2.88. The van der Waals surface area contributed by atoms with Crippen LogP contribution in [0.25, 0.3) is 11.0 Å². The highest BCUT2D eigenvalue weighted by Crippen LogP contribution is 2.29. The predicted molar refractivity (Wildman–Crippen MR) is 150 cm³/mol. The molecule has 2 fully saturated rings. The van der Waals surface area contributed by atoms with Crippen LogP contribution in [0.1, 0.15) is 36.8 Å². The number of methoxy groups -OCH3 is 1. The molecule has 2 saturated heterocycles. The minimum absolute atomic E-state index is 0.00430. The first-order chi connectivity index (χ1) is 18.5. The van der Waals surface area contributed by atoms with Crippen LogP contribution in [0.2, 0.25) is 0 Å². The van der Waals surface area contributed by atoms with Gasteiger partial charge in [0.05, 0.1) is 18.0 Å². The molecule has 2 aliphatic heterocycles. The fourth-order valence-electron chi connectivity index (χ4n) is 5.16. The van der Waals surface area contributed by atoms with Crippen LogP contribution in [-0.4, -0.2) is 56.2 Å². The van der Waals surface area contributed by atoms with Crippen molar-refractivity contribution in [2.75, 3.05) is 33.3 Å². The number of rotatable bonds is 8. The molecule has 5 rings (SSSR count). The van der Waals surface area contributed by atoms with Crippen molar-refractivity contribution < 1.29 is 18.7 Å². The summed E-state index contributed by atoms with van der Waals surface area (Å²) in [6, 6.07) is 13.5. The Morgan fingerprint density at radius 3 is 2.63 bits per heavy atom. The largest absolute Gasteiger partial charge is 0.497 e. The molecule has 0 saturated carbocycles. The quantitative estimate of drug-likeness (QED) is 0.387. The van der Waals surface area contributed by atoms with Crippen LogP contribution in [-0.2, 0) is 17.8 Å². The molecule has 3 aromatic rings. The Morgan fingerprint density at radius 1 is 1.11 bits per heavy atom. The molecule has 2 aromatic carbocycles. The third-order valence-corrected chi connectivity index (χ3v) is 7.92. The maximum Gasteiger partial charge on any atom is 0.339 e. The number of nitrogens with one attached hydrogen (secondary N) is 2. The third-order valence-electron chi connectivity index (χ3n) is 7.30. The van der Waals surface area contributed by atoms with Crippen molar-refractivity contribution in [2.24, 2.45) is 0 Å². The minimum Gasteiger partial charge on any atom is -0.497 e. The Labute approximate surface area is 230 Å². The van der Waals surface area contributed by atoms with E-state index in [4.69, 9.17) is 13.9 Å². The first-order valence-electron chi connectivity index (χ1n) is 13.2. The second-order valence-corrected chi connectivity index (χ2v) is 10.9. The van der Waals surface area contributed by atoms with E-state index in [1.807, 2.05) is 6.07 Å². The lowest BCUT2D eigenvalue weighted by molar-refractivity contribution is -0.121. The second-order valence-electron chi connectivity index (χ2n) is 10.1. The molecular weight excluding hydrogens is 550 g/mol. The number of likely N-dealkylation sites (tertiary alicyclic amines) is 1. The molecule has 8 nitrogen and oxygen atoms in total. The van der Waals surface area contributed by atoms with Gasteiger partial charge < -0.3 is 24.5 Å². The van der Waals surface area contributed by atoms with Gasteiger partial charge in [-0.15, -0.1) is 0 Å². The normalized spacial score (nSPS) is 17.4. The fraction of sp³-hybridized carbons (Fsp3) is 0.448. The lowest BCUT2D eigenvalue weighted by Gasteiger charge is -2.32. The number of carbonyl (C=O) groups excluding carboxylic acids is 1. The van der Waals surface area contributed by atoms with Crippen molar-refractivity contribution in [2.45, 2.75) is 50.8 Å². The lowest BCUT2D eigenvalue weighted by Crippen LogP contribution is -2.45. The highest BCUT2D eigenvalue weighted by Gasteiger charge is 2.22. The van der Waals surface area contributed by atoms with Gasteiger partial charge in [-0.2, -0.15) is 0 Å². The summed E-state index contributed by atoms with van der Waals surface area (Å²) in [5.74, 6) is 1.36. The molecule has 0 spiro atoms. The van der Waals surface area contributed by atoms with Gasteiger partial charge in [0.2, 0.25) is 5.91 Å². The standard InChI is InChI=1S/C29H34BrN3O5/c1-36-24-4-3-20-15-21(29(35)38-27(20)17-24)16-28(34)32-22-8-12-33(13-9-22)18-19-2-5-26(25(30)14-19)37-23-6-10-31-11-7-23/h2-5,14-15,17,22-23,31H,6-13,16,18H2,1H3,(H,32,34). The first-order valence-corrected chi connectivity index (χ1v) is 14.0. The van der Waals surface area contributed by atoms with E-state index < -0.39 is 5.63 Å². The number of nitrogens with zero attached hydrogens (tertiary/aromatic N) is 1. The van der Waals surface area contributed by atoms with Crippen LogP contribution < -0.4 is 25.7 Å². The summed E-state index contributed by atoms with van der Waals surface area (Å²) in [5.41, 5.74) is 1.55. The first kappa shape index (κ1) is 26.7. The third kappa shape index (κ3) is 6.76. The molecule has 2 aliphatic rings. The van der Waals surface area contributed by atoms with Crippen molar-refractivity contribution in [1.82, 2.24) is 15.5 Å². The van der Waals surface area contributed by atoms with Crippen LogP contribution >= 0.6 is 15.9 Å². The van der Waals surface area contributed by atoms with Crippen LogP contribution in [0.4, 0.5) is 0 Å². The summed E-state index contributed by atoms with van der Waals surface area (Å²) in [6.45, 7) is 4.67. The van der Waals surface area contributed by atoms with E-state index in [1.165, 1.54) is 5.56 Å². The molecule has 0 bridgehead atoms. The number of piperidine rings is 2. The molecule has 0 radical (unpaired) electrons. The van der Waals surface area contributed by atoms with Crippen molar-refractivity contribution in [3.05, 3.63) is 68.5 Å². The maximum absolute atomic E-state index is 12.7. The summed E-state index contributed by atoms with van der Waals surface area (Å²) in [7, 11) is 1.56. The average Bonchev–Trinajstić information content (AvgIpc) is 2.92. The maximum atomic E-state index is 12.7. The summed E-state index contributed by atoms with van der Waals surface area (Å²) in [5, 5.41) is 7.23. The number of carbonyl (C=O) groups is 1. The molecule has 0 unspecified atom stereocenters. The van der Waals surface area contributed by atoms with Gasteiger partial charge in [0.1, 0.15) is 23.2 Å². The molecular formula is C29H34BrN3O5. The predicted octanol–water partition coefficient (Wildman–Crippen LogP) is 4.02. The van der Waals surface area contributed by atoms with E-state index >= 15 is 0 Å². The number of halogens is 1.